The molecule has 2 aromatic rings. The van der Waals surface area contributed by atoms with E-state index in [1.807, 2.05) is 0 Å². The summed E-state index contributed by atoms with van der Waals surface area (Å²) in [4.78, 5) is 0. The summed E-state index contributed by atoms with van der Waals surface area (Å²) in [6.45, 7) is 0. The van der Waals surface area contributed by atoms with Gasteiger partial charge in [0.05, 0.1) is 0 Å². The molecule has 0 aliphatic rings. The van der Waals surface area contributed by atoms with Crippen LogP contribution in [0, 0.1) is 0 Å². The third kappa shape index (κ3) is 2.70. The molecule has 0 radical (unpaired) electrons. The lowest BCUT2D eigenvalue weighted by Crippen LogP contribution is -2.47. The maximum absolute atomic E-state index is 13.7. The van der Waals surface area contributed by atoms with Gasteiger partial charge in [0.25, 0.3) is 0 Å². The van der Waals surface area contributed by atoms with E-state index >= 15 is 0 Å². The number of alkyl halides is 5. The quantitative estimate of drug-likeness (QED) is 0.788. The summed E-state index contributed by atoms with van der Waals surface area (Å²) in [5.41, 5.74) is -0.153. The van der Waals surface area contributed by atoms with Crippen LogP contribution in [0.15, 0.2) is 36.4 Å². The van der Waals surface area contributed by atoms with Crippen molar-refractivity contribution < 1.29 is 22.0 Å². The molecule has 0 saturated carbocycles. The minimum Gasteiger partial charge on any atom is -0.308 e. The highest BCUT2D eigenvalue weighted by atomic mass is 35.5. The summed E-state index contributed by atoms with van der Waals surface area (Å²) in [7, 11) is 1.06. The molecule has 1 atom stereocenters. The molecule has 0 aromatic heterocycles. The molecular formula is C14H11ClF5N. The highest BCUT2D eigenvalue weighted by Gasteiger charge is 2.62. The average molecular weight is 324 g/mol. The van der Waals surface area contributed by atoms with E-state index < -0.39 is 18.1 Å². The molecule has 0 amide bonds. The van der Waals surface area contributed by atoms with Crippen molar-refractivity contribution in [1.29, 1.82) is 0 Å². The van der Waals surface area contributed by atoms with Crippen LogP contribution in [0.2, 0.25) is 5.02 Å². The predicted molar refractivity (Wildman–Crippen MR) is 71.8 cm³/mol. The Kier molecular flexibility index (Phi) is 4.13. The lowest BCUT2D eigenvalue weighted by atomic mass is 9.94. The number of benzene rings is 2. The molecule has 0 aliphatic carbocycles. The van der Waals surface area contributed by atoms with Gasteiger partial charge in [-0.3, -0.25) is 0 Å². The smallest absolute Gasteiger partial charge is 0.308 e. The molecule has 1 nitrogen and oxygen atoms in total. The Labute approximate surface area is 122 Å². The van der Waals surface area contributed by atoms with Gasteiger partial charge < -0.3 is 5.32 Å². The van der Waals surface area contributed by atoms with Crippen molar-refractivity contribution in [3.05, 3.63) is 47.0 Å². The zero-order chi connectivity index (χ0) is 15.8. The van der Waals surface area contributed by atoms with E-state index in [2.05, 4.69) is 5.32 Å². The highest BCUT2D eigenvalue weighted by Crippen LogP contribution is 2.46. The Morgan fingerprint density at radius 2 is 1.52 bits per heavy atom. The van der Waals surface area contributed by atoms with E-state index in [0.717, 1.165) is 7.05 Å². The van der Waals surface area contributed by atoms with Crippen molar-refractivity contribution in [2.24, 2.45) is 0 Å². The van der Waals surface area contributed by atoms with Crippen molar-refractivity contribution in [1.82, 2.24) is 5.32 Å². The second-order valence-electron chi connectivity index (χ2n) is 4.52. The Hall–Kier alpha value is -1.40. The van der Waals surface area contributed by atoms with Gasteiger partial charge in [-0.1, -0.05) is 41.9 Å². The molecule has 0 spiro atoms. The summed E-state index contributed by atoms with van der Waals surface area (Å²) in [6.07, 6.45) is -5.65. The van der Waals surface area contributed by atoms with Gasteiger partial charge in [-0.25, -0.2) is 0 Å². The molecule has 0 saturated heterocycles. The van der Waals surface area contributed by atoms with E-state index in [0.29, 0.717) is 10.4 Å². The molecule has 2 rings (SSSR count). The van der Waals surface area contributed by atoms with Gasteiger partial charge in [0, 0.05) is 10.4 Å². The summed E-state index contributed by atoms with van der Waals surface area (Å²) in [5.74, 6) is -4.90. The zero-order valence-electron chi connectivity index (χ0n) is 10.8. The summed E-state index contributed by atoms with van der Waals surface area (Å²) in [6, 6.07) is 6.53. The van der Waals surface area contributed by atoms with Gasteiger partial charge in [-0.05, 0) is 24.1 Å². The highest BCUT2D eigenvalue weighted by molar-refractivity contribution is 6.35. The van der Waals surface area contributed by atoms with Crippen LogP contribution in [0.1, 0.15) is 11.6 Å². The lowest BCUT2D eigenvalue weighted by molar-refractivity contribution is -0.293. The Morgan fingerprint density at radius 1 is 0.952 bits per heavy atom. The molecule has 2 aromatic carbocycles. The number of halogens is 6. The van der Waals surface area contributed by atoms with Crippen LogP contribution in [-0.2, 0) is 0 Å². The predicted octanol–water partition coefficient (Wildman–Crippen LogP) is 4.95. The molecular weight excluding hydrogens is 313 g/mol. The summed E-state index contributed by atoms with van der Waals surface area (Å²) < 4.78 is 65.2. The molecule has 1 unspecified atom stereocenters. The zero-order valence-corrected chi connectivity index (χ0v) is 11.6. The third-order valence-electron chi connectivity index (χ3n) is 3.24. The SMILES string of the molecule is CNC(c1ccc(Cl)c2ccccc12)C(F)(F)C(F)(F)F. The molecule has 0 bridgehead atoms. The van der Waals surface area contributed by atoms with Crippen LogP contribution in [0.5, 0.6) is 0 Å². The molecule has 0 aliphatic heterocycles. The van der Waals surface area contributed by atoms with Crippen LogP contribution in [0.4, 0.5) is 22.0 Å². The van der Waals surface area contributed by atoms with Gasteiger partial charge >= 0.3 is 12.1 Å². The second-order valence-corrected chi connectivity index (χ2v) is 4.93. The van der Waals surface area contributed by atoms with Crippen LogP contribution < -0.4 is 5.32 Å². The van der Waals surface area contributed by atoms with Crippen LogP contribution >= 0.6 is 11.6 Å². The number of fused-ring (bicyclic) bond motifs is 1. The van der Waals surface area contributed by atoms with Crippen molar-refractivity contribution in [3.63, 3.8) is 0 Å². The largest absolute Gasteiger partial charge is 0.455 e. The standard InChI is InChI=1S/C14H11ClF5N/c1-21-12(13(16,17)14(18,19)20)10-6-7-11(15)9-5-3-2-4-8(9)10/h2-7,12,21H,1H3. The lowest BCUT2D eigenvalue weighted by Gasteiger charge is -2.29. The second kappa shape index (κ2) is 5.42. The first-order chi connectivity index (χ1) is 9.70. The van der Waals surface area contributed by atoms with Gasteiger partial charge in [-0.2, -0.15) is 22.0 Å². The Balaban J connectivity index is 2.67. The van der Waals surface area contributed by atoms with Crippen LogP contribution in [-0.4, -0.2) is 19.1 Å². The fraction of sp³-hybridized carbons (Fsp3) is 0.286. The minimum atomic E-state index is -5.65. The average Bonchev–Trinajstić information content (AvgIpc) is 2.41. The van der Waals surface area contributed by atoms with Gasteiger partial charge in [0.15, 0.2) is 0 Å². The number of rotatable bonds is 3. The van der Waals surface area contributed by atoms with E-state index in [9.17, 15) is 22.0 Å². The Morgan fingerprint density at radius 3 is 2.05 bits per heavy atom. The van der Waals surface area contributed by atoms with E-state index in [1.54, 1.807) is 18.2 Å². The molecule has 21 heavy (non-hydrogen) atoms. The number of hydrogen-bond acceptors (Lipinski definition) is 1. The van der Waals surface area contributed by atoms with Crippen molar-refractivity contribution in [2.45, 2.75) is 18.1 Å². The molecule has 114 valence electrons. The minimum absolute atomic E-state index is 0.153. The monoisotopic (exact) mass is 323 g/mol. The number of hydrogen-bond donors (Lipinski definition) is 1. The third-order valence-corrected chi connectivity index (χ3v) is 3.57. The first kappa shape index (κ1) is 16.0. The van der Waals surface area contributed by atoms with Crippen molar-refractivity contribution in [2.75, 3.05) is 7.05 Å². The summed E-state index contributed by atoms with van der Waals surface area (Å²) >= 11 is 5.95. The van der Waals surface area contributed by atoms with Crippen LogP contribution in [0.3, 0.4) is 0 Å². The van der Waals surface area contributed by atoms with Gasteiger partial charge in [0.1, 0.15) is 6.04 Å². The van der Waals surface area contributed by atoms with Gasteiger partial charge in [-0.15, -0.1) is 0 Å². The normalized spacial score (nSPS) is 14.4. The summed E-state index contributed by atoms with van der Waals surface area (Å²) in [5, 5.41) is 3.04. The van der Waals surface area contributed by atoms with Crippen LogP contribution in [0.25, 0.3) is 10.8 Å². The molecule has 1 N–H and O–H groups in total. The van der Waals surface area contributed by atoms with Crippen molar-refractivity contribution >= 4 is 22.4 Å². The van der Waals surface area contributed by atoms with E-state index in [4.69, 9.17) is 11.6 Å². The first-order valence-electron chi connectivity index (χ1n) is 5.99. The first-order valence-corrected chi connectivity index (χ1v) is 6.37. The van der Waals surface area contributed by atoms with E-state index in [1.165, 1.54) is 18.2 Å². The topological polar surface area (TPSA) is 12.0 Å². The van der Waals surface area contributed by atoms with Crippen molar-refractivity contribution in [3.8, 4) is 0 Å². The van der Waals surface area contributed by atoms with Gasteiger partial charge in [0.2, 0.25) is 0 Å². The molecule has 0 heterocycles. The number of nitrogens with one attached hydrogen (secondary N) is 1. The maximum atomic E-state index is 13.7. The molecule has 0 fully saturated rings. The fourth-order valence-electron chi connectivity index (χ4n) is 2.23. The molecule has 7 heteroatoms. The van der Waals surface area contributed by atoms with E-state index in [-0.39, 0.29) is 10.9 Å². The Bertz CT molecular complexity index is 653. The maximum Gasteiger partial charge on any atom is 0.455 e. The fourth-order valence-corrected chi connectivity index (χ4v) is 2.46.